The fourth-order valence-electron chi connectivity index (χ4n) is 1.99. The van der Waals surface area contributed by atoms with Gasteiger partial charge in [-0.15, -0.1) is 0 Å². The van der Waals surface area contributed by atoms with Gasteiger partial charge in [0, 0.05) is 19.7 Å². The second-order valence-electron chi connectivity index (χ2n) is 5.49. The number of nitro groups is 1. The van der Waals surface area contributed by atoms with Gasteiger partial charge in [0.25, 0.3) is 11.6 Å². The zero-order valence-corrected chi connectivity index (χ0v) is 16.7. The Balaban J connectivity index is 2.73. The van der Waals surface area contributed by atoms with E-state index in [-0.39, 0.29) is 12.2 Å². The number of nitrogens with zero attached hydrogens (tertiary/aromatic N) is 1. The minimum Gasteiger partial charge on any atom is -0.452 e. The first-order valence-corrected chi connectivity index (χ1v) is 9.74. The Labute approximate surface area is 166 Å². The highest BCUT2D eigenvalue weighted by atomic mass is 32.2. The van der Waals surface area contributed by atoms with Crippen LogP contribution in [0.1, 0.15) is 13.8 Å². The summed E-state index contributed by atoms with van der Waals surface area (Å²) < 4.78 is 31.2. The number of anilines is 1. The molecule has 1 aromatic carbocycles. The molecule has 0 heterocycles. The first-order valence-electron chi connectivity index (χ1n) is 8.25. The second kappa shape index (κ2) is 10.3. The molecule has 0 unspecified atom stereocenters. The molecule has 0 aliphatic rings. The van der Waals surface area contributed by atoms with Crippen molar-refractivity contribution >= 4 is 39.3 Å². The summed E-state index contributed by atoms with van der Waals surface area (Å²) in [5.41, 5.74) is -0.353. The summed E-state index contributed by atoms with van der Waals surface area (Å²) in [7, 11) is -2.83. The maximum Gasteiger partial charge on any atom is 0.321 e. The maximum absolute atomic E-state index is 12.3. The Morgan fingerprint density at radius 3 is 2.48 bits per heavy atom. The molecule has 0 saturated carbocycles. The quantitative estimate of drug-likeness (QED) is 0.231. The molecule has 1 atom stereocenters. The van der Waals surface area contributed by atoms with Crippen molar-refractivity contribution in [3.63, 3.8) is 0 Å². The van der Waals surface area contributed by atoms with Crippen LogP contribution in [0.3, 0.4) is 0 Å². The molecule has 0 saturated heterocycles. The largest absolute Gasteiger partial charge is 0.452 e. The van der Waals surface area contributed by atoms with Crippen molar-refractivity contribution < 1.29 is 32.5 Å². The monoisotopic (exact) mass is 431 g/mol. The number of imide groups is 1. The number of hydrogen-bond acceptors (Lipinski definition) is 9. The van der Waals surface area contributed by atoms with Crippen LogP contribution >= 0.6 is 0 Å². The molecule has 0 spiro atoms. The smallest absolute Gasteiger partial charge is 0.321 e. The lowest BCUT2D eigenvalue weighted by Crippen LogP contribution is -2.45. The predicted octanol–water partition coefficient (Wildman–Crippen LogP) is -0.308. The van der Waals surface area contributed by atoms with Gasteiger partial charge in [-0.3, -0.25) is 25.0 Å². The van der Waals surface area contributed by atoms with Crippen LogP contribution in [0.4, 0.5) is 16.2 Å². The molecule has 1 aromatic rings. The van der Waals surface area contributed by atoms with Gasteiger partial charge in [0.2, 0.25) is 10.0 Å². The number of carbonyl (C=O) groups is 3. The lowest BCUT2D eigenvalue weighted by molar-refractivity contribution is -0.384. The Hall–Kier alpha value is -3.26. The average molecular weight is 431 g/mol. The van der Waals surface area contributed by atoms with Crippen LogP contribution in [0.2, 0.25) is 0 Å². The van der Waals surface area contributed by atoms with Gasteiger partial charge in [-0.2, -0.15) is 4.72 Å². The first kappa shape index (κ1) is 23.8. The van der Waals surface area contributed by atoms with E-state index in [4.69, 9.17) is 4.74 Å². The van der Waals surface area contributed by atoms with E-state index in [9.17, 15) is 32.9 Å². The van der Waals surface area contributed by atoms with E-state index in [1.54, 1.807) is 6.92 Å². The molecule has 13 nitrogen and oxygen atoms in total. The summed E-state index contributed by atoms with van der Waals surface area (Å²) in [4.78, 5) is 44.6. The van der Waals surface area contributed by atoms with Gasteiger partial charge in [-0.05, 0) is 26.0 Å². The molecule has 14 heteroatoms. The third kappa shape index (κ3) is 7.00. The molecule has 0 aromatic heterocycles. The molecule has 160 valence electrons. The number of amides is 3. The van der Waals surface area contributed by atoms with Gasteiger partial charge in [0.15, 0.2) is 6.10 Å². The fourth-order valence-corrected chi connectivity index (χ4v) is 2.98. The van der Waals surface area contributed by atoms with E-state index >= 15 is 0 Å². The number of hydrogen-bond donors (Lipinski definition) is 4. The topological polar surface area (TPSA) is 186 Å². The Bertz CT molecular complexity index is 902. The highest BCUT2D eigenvalue weighted by Gasteiger charge is 2.24. The van der Waals surface area contributed by atoms with E-state index < -0.39 is 56.1 Å². The normalized spacial score (nSPS) is 11.8. The van der Waals surface area contributed by atoms with E-state index in [1.807, 2.05) is 10.0 Å². The zero-order valence-electron chi connectivity index (χ0n) is 15.8. The second-order valence-corrected chi connectivity index (χ2v) is 7.26. The van der Waals surface area contributed by atoms with Gasteiger partial charge >= 0.3 is 12.0 Å². The van der Waals surface area contributed by atoms with Crippen LogP contribution in [0.25, 0.3) is 0 Å². The number of esters is 1. The molecule has 0 aliphatic heterocycles. The van der Waals surface area contributed by atoms with Crippen molar-refractivity contribution in [2.24, 2.45) is 0 Å². The molecule has 1 rings (SSSR count). The van der Waals surface area contributed by atoms with E-state index in [0.717, 1.165) is 12.1 Å². The SMILES string of the molecule is CCNC(=O)NC(=O)[C@H](C)OC(=O)CNS(=O)(=O)c1ccc(NC)c([N+](=O)[O-])c1. The van der Waals surface area contributed by atoms with Crippen molar-refractivity contribution in [2.75, 3.05) is 25.5 Å². The number of benzene rings is 1. The Morgan fingerprint density at radius 1 is 1.28 bits per heavy atom. The number of ether oxygens (including phenoxy) is 1. The van der Waals surface area contributed by atoms with Gasteiger partial charge < -0.3 is 15.4 Å². The molecule has 0 fully saturated rings. The van der Waals surface area contributed by atoms with E-state index in [1.165, 1.54) is 20.0 Å². The van der Waals surface area contributed by atoms with Crippen LogP contribution in [0, 0.1) is 10.1 Å². The van der Waals surface area contributed by atoms with Crippen molar-refractivity contribution in [1.29, 1.82) is 0 Å². The first-order chi connectivity index (χ1) is 13.5. The number of sulfonamides is 1. The van der Waals surface area contributed by atoms with Gasteiger partial charge in [-0.1, -0.05) is 0 Å². The average Bonchev–Trinajstić information content (AvgIpc) is 2.65. The highest BCUT2D eigenvalue weighted by Crippen LogP contribution is 2.26. The predicted molar refractivity (Wildman–Crippen MR) is 101 cm³/mol. The molecule has 29 heavy (non-hydrogen) atoms. The van der Waals surface area contributed by atoms with E-state index in [2.05, 4.69) is 10.6 Å². The number of urea groups is 1. The highest BCUT2D eigenvalue weighted by molar-refractivity contribution is 7.89. The number of nitro benzene ring substituents is 1. The van der Waals surface area contributed by atoms with Gasteiger partial charge in [0.1, 0.15) is 12.2 Å². The number of nitrogens with one attached hydrogen (secondary N) is 4. The molecular weight excluding hydrogens is 410 g/mol. The number of rotatable bonds is 9. The standard InChI is InChI=1S/C15H21N5O8S/c1-4-17-15(23)19-14(22)9(2)28-13(21)8-18-29(26,27)10-5-6-11(16-3)12(7-10)20(24)25/h5-7,9,16,18H,4,8H2,1-3H3,(H2,17,19,22,23)/t9-/m0/s1. The van der Waals surface area contributed by atoms with Crippen molar-refractivity contribution in [1.82, 2.24) is 15.4 Å². The van der Waals surface area contributed by atoms with Crippen LogP contribution in [-0.2, 0) is 24.3 Å². The molecule has 4 N–H and O–H groups in total. The summed E-state index contributed by atoms with van der Waals surface area (Å²) in [5, 5.41) is 17.9. The van der Waals surface area contributed by atoms with Crippen LogP contribution in [-0.4, -0.2) is 57.5 Å². The van der Waals surface area contributed by atoms with Crippen LogP contribution in [0.5, 0.6) is 0 Å². The van der Waals surface area contributed by atoms with Crippen molar-refractivity contribution in [3.8, 4) is 0 Å². The summed E-state index contributed by atoms with van der Waals surface area (Å²) in [6.45, 7) is 2.28. The molecular formula is C15H21N5O8S. The van der Waals surface area contributed by atoms with Gasteiger partial charge in [-0.25, -0.2) is 13.2 Å². The van der Waals surface area contributed by atoms with Crippen molar-refractivity contribution in [3.05, 3.63) is 28.3 Å². The third-order valence-electron chi connectivity index (χ3n) is 3.40. The lowest BCUT2D eigenvalue weighted by Gasteiger charge is -2.13. The van der Waals surface area contributed by atoms with Crippen LogP contribution in [0.15, 0.2) is 23.1 Å². The Morgan fingerprint density at radius 2 is 1.93 bits per heavy atom. The zero-order chi connectivity index (χ0) is 22.2. The van der Waals surface area contributed by atoms with Gasteiger partial charge in [0.05, 0.1) is 9.82 Å². The molecule has 3 amide bonds. The summed E-state index contributed by atoms with van der Waals surface area (Å²) in [5.74, 6) is -1.99. The maximum atomic E-state index is 12.3. The van der Waals surface area contributed by atoms with E-state index in [0.29, 0.717) is 0 Å². The number of carbonyl (C=O) groups excluding carboxylic acids is 3. The molecule has 0 aliphatic carbocycles. The summed E-state index contributed by atoms with van der Waals surface area (Å²) in [6.07, 6.45) is -1.36. The Kier molecular flexibility index (Phi) is 8.47. The van der Waals surface area contributed by atoms with Crippen LogP contribution < -0.4 is 20.7 Å². The lowest BCUT2D eigenvalue weighted by atomic mass is 10.3. The van der Waals surface area contributed by atoms with Crippen molar-refractivity contribution in [2.45, 2.75) is 24.8 Å². The fraction of sp³-hybridized carbons (Fsp3) is 0.400. The summed E-state index contributed by atoms with van der Waals surface area (Å²) in [6, 6.07) is 2.39. The third-order valence-corrected chi connectivity index (χ3v) is 4.80. The minimum atomic E-state index is -4.27. The minimum absolute atomic E-state index is 0.111. The molecule has 0 radical (unpaired) electrons. The summed E-state index contributed by atoms with van der Waals surface area (Å²) >= 11 is 0. The molecule has 0 bridgehead atoms.